The number of hydrogen-bond acceptors (Lipinski definition) is 4. The molecule has 0 atom stereocenters. The predicted molar refractivity (Wildman–Crippen MR) is 110 cm³/mol. The fourth-order valence-corrected chi connectivity index (χ4v) is 4.52. The van der Waals surface area contributed by atoms with Crippen LogP contribution in [0.25, 0.3) is 33.4 Å². The monoisotopic (exact) mass is 412 g/mol. The van der Waals surface area contributed by atoms with Gasteiger partial charge in [0.2, 0.25) is 0 Å². The van der Waals surface area contributed by atoms with Gasteiger partial charge in [0.25, 0.3) is 5.56 Å². The van der Waals surface area contributed by atoms with Crippen molar-refractivity contribution >= 4 is 56.6 Å². The Morgan fingerprint density at radius 3 is 2.63 bits per heavy atom. The highest BCUT2D eigenvalue weighted by atomic mass is 35.5. The van der Waals surface area contributed by atoms with Crippen molar-refractivity contribution in [2.45, 2.75) is 0 Å². The molecular weight excluding hydrogens is 403 g/mol. The number of fused-ring (bicyclic) bond motifs is 3. The molecule has 2 aromatic carbocycles. The molecule has 0 unspecified atom stereocenters. The lowest BCUT2D eigenvalue weighted by molar-refractivity contribution is 0.571. The standard InChI is InChI=1S/C20H10Cl2N2O2S/c21-12-7-11(8-13(22)9-12)17-6-5-14(26-17)10-18-19(25)24-16-4-2-1-3-15(16)23-20(24)27-18/h1-10H. The number of furan rings is 1. The molecular formula is C20H10Cl2N2O2S. The van der Waals surface area contributed by atoms with E-state index < -0.39 is 0 Å². The van der Waals surface area contributed by atoms with E-state index in [0.717, 1.165) is 16.6 Å². The van der Waals surface area contributed by atoms with Crippen LogP contribution in [0.5, 0.6) is 0 Å². The third-order valence-electron chi connectivity index (χ3n) is 4.19. The molecule has 27 heavy (non-hydrogen) atoms. The Hall–Kier alpha value is -2.60. The van der Waals surface area contributed by atoms with Gasteiger partial charge in [0.05, 0.1) is 11.0 Å². The van der Waals surface area contributed by atoms with Gasteiger partial charge in [-0.1, -0.05) is 46.7 Å². The van der Waals surface area contributed by atoms with Crippen molar-refractivity contribution < 1.29 is 4.42 Å². The van der Waals surface area contributed by atoms with Crippen molar-refractivity contribution in [2.75, 3.05) is 0 Å². The number of imidazole rings is 1. The van der Waals surface area contributed by atoms with E-state index in [0.29, 0.717) is 31.1 Å². The zero-order valence-electron chi connectivity index (χ0n) is 13.6. The molecule has 0 N–H and O–H groups in total. The fourth-order valence-electron chi connectivity index (χ4n) is 3.02. The molecule has 0 spiro atoms. The number of thiazole rings is 1. The summed E-state index contributed by atoms with van der Waals surface area (Å²) < 4.78 is 8.06. The highest BCUT2D eigenvalue weighted by Gasteiger charge is 2.11. The van der Waals surface area contributed by atoms with Crippen molar-refractivity contribution in [3.63, 3.8) is 0 Å². The Labute approximate surface area is 166 Å². The Kier molecular flexibility index (Phi) is 3.82. The second-order valence-electron chi connectivity index (χ2n) is 5.99. The van der Waals surface area contributed by atoms with Crippen molar-refractivity contribution in [1.82, 2.24) is 9.38 Å². The maximum Gasteiger partial charge on any atom is 0.275 e. The molecule has 0 radical (unpaired) electrons. The molecule has 0 aliphatic heterocycles. The number of benzene rings is 2. The Bertz CT molecular complexity index is 1410. The molecule has 3 heterocycles. The smallest absolute Gasteiger partial charge is 0.275 e. The van der Waals surface area contributed by atoms with Crippen LogP contribution < -0.4 is 10.1 Å². The van der Waals surface area contributed by atoms with Crippen molar-refractivity contribution in [1.29, 1.82) is 0 Å². The summed E-state index contributed by atoms with van der Waals surface area (Å²) in [6.45, 7) is 0. The van der Waals surface area contributed by atoms with E-state index >= 15 is 0 Å². The third-order valence-corrected chi connectivity index (χ3v) is 5.60. The zero-order valence-corrected chi connectivity index (χ0v) is 16.0. The molecule has 5 aromatic rings. The van der Waals surface area contributed by atoms with Crippen LogP contribution in [0.2, 0.25) is 10.0 Å². The molecule has 0 saturated heterocycles. The minimum Gasteiger partial charge on any atom is -0.457 e. The Balaban J connectivity index is 1.62. The van der Waals surface area contributed by atoms with E-state index in [-0.39, 0.29) is 5.56 Å². The topological polar surface area (TPSA) is 47.5 Å². The van der Waals surface area contributed by atoms with Crippen molar-refractivity contribution in [3.8, 4) is 11.3 Å². The maximum absolute atomic E-state index is 12.8. The summed E-state index contributed by atoms with van der Waals surface area (Å²) in [7, 11) is 0. The van der Waals surface area contributed by atoms with Gasteiger partial charge in [0.1, 0.15) is 16.1 Å². The molecule has 7 heteroatoms. The summed E-state index contributed by atoms with van der Waals surface area (Å²) in [6, 6.07) is 16.4. The largest absolute Gasteiger partial charge is 0.457 e. The first-order valence-corrected chi connectivity index (χ1v) is 9.64. The van der Waals surface area contributed by atoms with Gasteiger partial charge in [-0.3, -0.25) is 4.79 Å². The minimum atomic E-state index is -0.104. The second kappa shape index (κ2) is 6.23. The summed E-state index contributed by atoms with van der Waals surface area (Å²) in [4.78, 5) is 18.0. The molecule has 4 nitrogen and oxygen atoms in total. The lowest BCUT2D eigenvalue weighted by Crippen LogP contribution is -2.22. The van der Waals surface area contributed by atoms with Gasteiger partial charge in [-0.25, -0.2) is 9.38 Å². The Morgan fingerprint density at radius 1 is 1.04 bits per heavy atom. The van der Waals surface area contributed by atoms with Gasteiger partial charge in [-0.05, 0) is 42.5 Å². The van der Waals surface area contributed by atoms with Gasteiger partial charge < -0.3 is 4.42 Å². The van der Waals surface area contributed by atoms with Crippen LogP contribution in [0.4, 0.5) is 0 Å². The van der Waals surface area contributed by atoms with Gasteiger partial charge >= 0.3 is 0 Å². The van der Waals surface area contributed by atoms with E-state index in [1.807, 2.05) is 36.4 Å². The molecule has 0 aliphatic rings. The number of rotatable bonds is 2. The highest BCUT2D eigenvalue weighted by molar-refractivity contribution is 7.15. The maximum atomic E-state index is 12.8. The van der Waals surface area contributed by atoms with E-state index in [1.54, 1.807) is 28.7 Å². The van der Waals surface area contributed by atoms with E-state index in [2.05, 4.69) is 4.98 Å². The van der Waals surface area contributed by atoms with Gasteiger partial charge in [0, 0.05) is 21.7 Å². The first kappa shape index (κ1) is 16.6. The lowest BCUT2D eigenvalue weighted by Gasteiger charge is -1.99. The molecule has 3 aromatic heterocycles. The SMILES string of the molecule is O=c1c(=Cc2ccc(-c3cc(Cl)cc(Cl)c3)o2)sc2nc3ccccc3n12. The van der Waals surface area contributed by atoms with Crippen LogP contribution in [0.3, 0.4) is 0 Å². The number of hydrogen-bond donors (Lipinski definition) is 0. The molecule has 132 valence electrons. The average molecular weight is 413 g/mol. The van der Waals surface area contributed by atoms with Crippen LogP contribution >= 0.6 is 34.5 Å². The van der Waals surface area contributed by atoms with Crippen LogP contribution in [0, 0.1) is 0 Å². The van der Waals surface area contributed by atoms with E-state index in [4.69, 9.17) is 27.6 Å². The summed E-state index contributed by atoms with van der Waals surface area (Å²) in [5.74, 6) is 1.21. The van der Waals surface area contributed by atoms with Crippen LogP contribution in [-0.2, 0) is 0 Å². The molecule has 0 aliphatic carbocycles. The molecule has 5 rings (SSSR count). The van der Waals surface area contributed by atoms with Crippen LogP contribution in [0.15, 0.2) is 63.8 Å². The molecule has 0 saturated carbocycles. The number of nitrogens with zero attached hydrogens (tertiary/aromatic N) is 2. The third kappa shape index (κ3) is 2.84. The quantitative estimate of drug-likeness (QED) is 0.408. The van der Waals surface area contributed by atoms with Gasteiger partial charge in [0.15, 0.2) is 4.96 Å². The summed E-state index contributed by atoms with van der Waals surface area (Å²) in [6.07, 6.45) is 1.73. The molecule has 0 bridgehead atoms. The normalized spacial score (nSPS) is 12.4. The first-order chi connectivity index (χ1) is 13.1. The first-order valence-electron chi connectivity index (χ1n) is 8.06. The second-order valence-corrected chi connectivity index (χ2v) is 7.88. The molecule has 0 fully saturated rings. The average Bonchev–Trinajstić information content (AvgIpc) is 3.30. The molecule has 0 amide bonds. The minimum absolute atomic E-state index is 0.104. The van der Waals surface area contributed by atoms with E-state index in [9.17, 15) is 4.79 Å². The fraction of sp³-hybridized carbons (Fsp3) is 0. The lowest BCUT2D eigenvalue weighted by atomic mass is 10.2. The Morgan fingerprint density at radius 2 is 1.81 bits per heavy atom. The number of halogens is 2. The van der Waals surface area contributed by atoms with Crippen molar-refractivity contribution in [3.05, 3.63) is 85.3 Å². The van der Waals surface area contributed by atoms with Gasteiger partial charge in [-0.15, -0.1) is 0 Å². The summed E-state index contributed by atoms with van der Waals surface area (Å²) >= 11 is 13.4. The number of aromatic nitrogens is 2. The predicted octanol–water partition coefficient (Wildman–Crippen LogP) is 5.02. The summed E-state index contributed by atoms with van der Waals surface area (Å²) in [5.41, 5.74) is 2.29. The highest BCUT2D eigenvalue weighted by Crippen LogP contribution is 2.28. The van der Waals surface area contributed by atoms with Crippen LogP contribution in [-0.4, -0.2) is 9.38 Å². The van der Waals surface area contributed by atoms with Gasteiger partial charge in [-0.2, -0.15) is 0 Å². The van der Waals surface area contributed by atoms with E-state index in [1.165, 1.54) is 11.3 Å². The number of para-hydroxylation sites is 2. The van der Waals surface area contributed by atoms with Crippen molar-refractivity contribution in [2.24, 2.45) is 0 Å². The zero-order chi connectivity index (χ0) is 18.5. The van der Waals surface area contributed by atoms with Crippen LogP contribution in [0.1, 0.15) is 5.76 Å². The summed E-state index contributed by atoms with van der Waals surface area (Å²) in [5, 5.41) is 1.07.